The number of β-amino-alcohol motifs (C(OH)–C–C–N with tert-alkyl or cyclic N) is 1. The number of aliphatic hydroxyl groups is 1. The number of benzene rings is 1. The van der Waals surface area contributed by atoms with E-state index in [9.17, 15) is 19.5 Å². The van der Waals surface area contributed by atoms with Crippen LogP contribution in [0.5, 0.6) is 0 Å². The Morgan fingerprint density at radius 1 is 1.43 bits per heavy atom. The smallest absolute Gasteiger partial charge is 0.291 e. The van der Waals surface area contributed by atoms with Crippen LogP contribution in [0.3, 0.4) is 0 Å². The van der Waals surface area contributed by atoms with E-state index in [0.29, 0.717) is 24.4 Å². The molecule has 0 radical (unpaired) electrons. The van der Waals surface area contributed by atoms with Gasteiger partial charge in [0.05, 0.1) is 22.4 Å². The van der Waals surface area contributed by atoms with Gasteiger partial charge in [-0.15, -0.1) is 21.5 Å². The standard InChI is InChI=1S/C20H26N6O4S.HNO3/c1-12(27)26-10-13(28)9-16(26)19(30)24-15(6-4-8-22-11-23-21)18(29)20-25-14-5-2-3-7-17(14)31-20;2-1(3)4/h2-3,5,7,11,13,15-16,28H,4,6,8-10,21H2,1H3,(H,22,23)(H,24,30);(H,2,3,4)/t13-,15+,16+;/m1./s1. The molecule has 1 saturated heterocycles. The van der Waals surface area contributed by atoms with Gasteiger partial charge < -0.3 is 31.7 Å². The number of nitrogens with two attached hydrogens (primary N) is 1. The molecule has 15 heteroatoms. The first-order chi connectivity index (χ1) is 16.6. The minimum absolute atomic E-state index is 0.103. The van der Waals surface area contributed by atoms with Gasteiger partial charge in [-0.1, -0.05) is 12.1 Å². The largest absolute Gasteiger partial charge is 0.391 e. The summed E-state index contributed by atoms with van der Waals surface area (Å²) >= 11 is 1.28. The quantitative estimate of drug-likeness (QED) is 0.0574. The number of hydrogen-bond acceptors (Lipinski definition) is 10. The molecular weight excluding hydrogens is 482 g/mol. The molecule has 14 nitrogen and oxygen atoms in total. The second kappa shape index (κ2) is 13.1. The fourth-order valence-corrected chi connectivity index (χ4v) is 4.56. The zero-order valence-corrected chi connectivity index (χ0v) is 19.7. The first-order valence-electron chi connectivity index (χ1n) is 10.6. The van der Waals surface area contributed by atoms with Gasteiger partial charge in [-0.3, -0.25) is 14.4 Å². The molecule has 2 aromatic rings. The molecule has 2 heterocycles. The number of hydrogen-bond donors (Lipinski definition) is 5. The molecule has 1 aromatic heterocycles. The van der Waals surface area contributed by atoms with Gasteiger partial charge in [0.1, 0.15) is 12.4 Å². The van der Waals surface area contributed by atoms with Gasteiger partial charge in [-0.25, -0.2) is 4.98 Å². The maximum absolute atomic E-state index is 13.2. The van der Waals surface area contributed by atoms with Crippen molar-refractivity contribution in [3.63, 3.8) is 0 Å². The van der Waals surface area contributed by atoms with Crippen molar-refractivity contribution in [2.75, 3.05) is 13.1 Å². The number of likely N-dealkylation sites (tertiary alicyclic amines) is 1. The van der Waals surface area contributed by atoms with E-state index in [1.165, 1.54) is 29.5 Å². The van der Waals surface area contributed by atoms with Crippen LogP contribution in [0.2, 0.25) is 0 Å². The van der Waals surface area contributed by atoms with E-state index in [-0.39, 0.29) is 24.7 Å². The molecule has 0 bridgehead atoms. The van der Waals surface area contributed by atoms with Crippen LogP contribution >= 0.6 is 11.3 Å². The zero-order valence-electron chi connectivity index (χ0n) is 18.9. The Morgan fingerprint density at radius 3 is 2.74 bits per heavy atom. The number of Topliss-reactive ketones (excluding diaryl/α,β-unsaturated/α-hetero) is 1. The summed E-state index contributed by atoms with van der Waals surface area (Å²) in [5.74, 6) is 4.02. The molecule has 0 aliphatic carbocycles. The summed E-state index contributed by atoms with van der Waals surface area (Å²) in [7, 11) is 0. The lowest BCUT2D eigenvalue weighted by Gasteiger charge is -2.24. The summed E-state index contributed by atoms with van der Waals surface area (Å²) in [4.78, 5) is 52.1. The predicted molar refractivity (Wildman–Crippen MR) is 126 cm³/mol. The van der Waals surface area contributed by atoms with E-state index in [1.54, 1.807) is 0 Å². The van der Waals surface area contributed by atoms with Crippen LogP contribution in [-0.4, -0.2) is 80.5 Å². The average molecular weight is 510 g/mol. The van der Waals surface area contributed by atoms with Crippen LogP contribution < -0.4 is 16.5 Å². The molecule has 35 heavy (non-hydrogen) atoms. The normalized spacial score (nSPS) is 18.1. The number of aromatic nitrogens is 1. The topological polar surface area (TPSA) is 213 Å². The van der Waals surface area contributed by atoms with Gasteiger partial charge in [0, 0.05) is 26.4 Å². The van der Waals surface area contributed by atoms with Gasteiger partial charge >= 0.3 is 0 Å². The lowest BCUT2D eigenvalue weighted by atomic mass is 10.1. The third-order valence-corrected chi connectivity index (χ3v) is 6.15. The van der Waals surface area contributed by atoms with Crippen LogP contribution in [0.25, 0.3) is 10.2 Å². The van der Waals surface area contributed by atoms with E-state index in [4.69, 9.17) is 21.2 Å². The summed E-state index contributed by atoms with van der Waals surface area (Å²) in [5.41, 5.74) is 0.725. The first-order valence-corrected chi connectivity index (χ1v) is 11.4. The van der Waals surface area contributed by atoms with Gasteiger partial charge in [0.15, 0.2) is 5.01 Å². The second-order valence-electron chi connectivity index (χ2n) is 7.60. The van der Waals surface area contributed by atoms with Crippen LogP contribution in [-0.2, 0) is 9.59 Å². The number of amides is 2. The predicted octanol–water partition coefficient (Wildman–Crippen LogP) is -0.130. The Balaban J connectivity index is 0.00000100. The Bertz CT molecular complexity index is 1040. The SMILES string of the molecule is CC(=O)N1C[C@H](O)C[C@H]1C(=O)N[C@@H](CCCNC=NN)C(=O)c1nc2ccccc2s1.O=[N+]([O-])O. The van der Waals surface area contributed by atoms with Crippen LogP contribution in [0.1, 0.15) is 36.0 Å². The summed E-state index contributed by atoms with van der Waals surface area (Å²) in [6, 6.07) is 5.83. The highest BCUT2D eigenvalue weighted by molar-refractivity contribution is 7.20. The highest BCUT2D eigenvalue weighted by Crippen LogP contribution is 2.24. The van der Waals surface area contributed by atoms with Crippen LogP contribution in [0.4, 0.5) is 0 Å². The van der Waals surface area contributed by atoms with Gasteiger partial charge in [0.25, 0.3) is 5.09 Å². The Hall–Kier alpha value is -3.85. The summed E-state index contributed by atoms with van der Waals surface area (Å²) in [6.07, 6.45) is 1.66. The van der Waals surface area contributed by atoms with Crippen molar-refractivity contribution in [1.29, 1.82) is 0 Å². The number of hydrazone groups is 1. The van der Waals surface area contributed by atoms with E-state index in [0.717, 1.165) is 10.2 Å². The Labute approximate surface area is 203 Å². The third-order valence-electron chi connectivity index (χ3n) is 5.10. The molecule has 1 aromatic carbocycles. The van der Waals surface area contributed by atoms with E-state index in [2.05, 4.69) is 20.7 Å². The minimum atomic E-state index is -1.50. The monoisotopic (exact) mass is 509 g/mol. The van der Waals surface area contributed by atoms with Crippen LogP contribution in [0.15, 0.2) is 29.4 Å². The zero-order chi connectivity index (χ0) is 26.0. The Kier molecular flexibility index (Phi) is 10.3. The fraction of sp³-hybridized carbons (Fsp3) is 0.450. The minimum Gasteiger partial charge on any atom is -0.391 e. The molecule has 6 N–H and O–H groups in total. The van der Waals surface area contributed by atoms with Crippen molar-refractivity contribution in [3.8, 4) is 0 Å². The van der Waals surface area contributed by atoms with Gasteiger partial charge in [0.2, 0.25) is 17.6 Å². The van der Waals surface area contributed by atoms with Crippen molar-refractivity contribution in [2.24, 2.45) is 10.9 Å². The number of ketones is 1. The fourth-order valence-electron chi connectivity index (χ4n) is 3.60. The average Bonchev–Trinajstić information content (AvgIpc) is 3.41. The van der Waals surface area contributed by atoms with Crippen molar-refractivity contribution < 1.29 is 29.8 Å². The van der Waals surface area contributed by atoms with Crippen molar-refractivity contribution >= 4 is 45.5 Å². The highest BCUT2D eigenvalue weighted by atomic mass is 32.1. The lowest BCUT2D eigenvalue weighted by molar-refractivity contribution is -0.742. The molecule has 3 rings (SSSR count). The summed E-state index contributed by atoms with van der Waals surface area (Å²) in [5, 5.41) is 32.9. The van der Waals surface area contributed by atoms with Crippen molar-refractivity contribution in [3.05, 3.63) is 39.4 Å². The second-order valence-corrected chi connectivity index (χ2v) is 8.63. The number of nitrogens with one attached hydrogen (secondary N) is 2. The van der Waals surface area contributed by atoms with Gasteiger partial charge in [-0.05, 0) is 25.0 Å². The number of rotatable bonds is 9. The number of carbonyl (C=O) groups excluding carboxylic acids is 3. The Morgan fingerprint density at radius 2 is 2.11 bits per heavy atom. The van der Waals surface area contributed by atoms with E-state index in [1.807, 2.05) is 24.3 Å². The molecule has 0 saturated carbocycles. The van der Waals surface area contributed by atoms with Crippen LogP contribution in [0, 0.1) is 10.1 Å². The molecule has 0 spiro atoms. The molecule has 1 fully saturated rings. The molecular formula is C20H27N7O7S. The van der Waals surface area contributed by atoms with E-state index < -0.39 is 29.2 Å². The molecule has 2 amide bonds. The summed E-state index contributed by atoms with van der Waals surface area (Å²) < 4.78 is 0.887. The number of nitrogens with zero attached hydrogens (tertiary/aromatic N) is 4. The number of thiazole rings is 1. The summed E-state index contributed by atoms with van der Waals surface area (Å²) in [6.45, 7) is 1.97. The number of carbonyl (C=O) groups is 3. The maximum atomic E-state index is 13.2. The maximum Gasteiger partial charge on any atom is 0.291 e. The molecule has 3 atom stereocenters. The van der Waals surface area contributed by atoms with Crippen molar-refractivity contribution in [2.45, 2.75) is 44.4 Å². The van der Waals surface area contributed by atoms with Gasteiger partial charge in [-0.2, -0.15) is 5.10 Å². The van der Waals surface area contributed by atoms with E-state index >= 15 is 0 Å². The molecule has 0 unspecified atom stereocenters. The number of para-hydroxylation sites is 1. The number of aliphatic hydroxyl groups excluding tert-OH is 1. The number of fused-ring (bicyclic) bond motifs is 1. The van der Waals surface area contributed by atoms with Crippen molar-refractivity contribution in [1.82, 2.24) is 20.5 Å². The molecule has 190 valence electrons. The third kappa shape index (κ3) is 8.15. The highest BCUT2D eigenvalue weighted by Gasteiger charge is 2.39. The molecule has 1 aliphatic heterocycles. The lowest BCUT2D eigenvalue weighted by Crippen LogP contribution is -2.50. The first kappa shape index (κ1) is 27.4. The molecule has 1 aliphatic rings.